The summed E-state index contributed by atoms with van der Waals surface area (Å²) < 4.78 is 30.9. The van der Waals surface area contributed by atoms with Crippen molar-refractivity contribution in [3.8, 4) is 0 Å². The largest absolute Gasteiger partial charge is 0.421 e. The Hall–Kier alpha value is -1.75. The van der Waals surface area contributed by atoms with Gasteiger partial charge in [-0.05, 0) is 18.2 Å². The van der Waals surface area contributed by atoms with E-state index in [4.69, 9.17) is 0 Å². The molecule has 0 aliphatic carbocycles. The Morgan fingerprint density at radius 1 is 1.27 bits per heavy atom. The van der Waals surface area contributed by atoms with Crippen molar-refractivity contribution in [2.24, 2.45) is 0 Å². The van der Waals surface area contributed by atoms with Crippen molar-refractivity contribution >= 4 is 5.97 Å². The molecule has 1 unspecified atom stereocenters. The molecule has 1 N–H and O–H groups in total. The van der Waals surface area contributed by atoms with Crippen molar-refractivity contribution in [1.29, 1.82) is 0 Å². The summed E-state index contributed by atoms with van der Waals surface area (Å²) in [5.41, 5.74) is -0.688. The van der Waals surface area contributed by atoms with Crippen LogP contribution in [0, 0.1) is 11.6 Å². The molecule has 0 bridgehead atoms. The molecule has 0 fully saturated rings. The zero-order valence-electron chi connectivity index (χ0n) is 7.41. The van der Waals surface area contributed by atoms with Crippen LogP contribution in [-0.4, -0.2) is 11.1 Å². The zero-order chi connectivity index (χ0) is 11.1. The van der Waals surface area contributed by atoms with Gasteiger partial charge in [-0.15, -0.1) is 0 Å². The van der Waals surface area contributed by atoms with Gasteiger partial charge in [0.15, 0.2) is 0 Å². The Labute approximate surface area is 83.6 Å². The molecule has 0 saturated heterocycles. The molecule has 5 heteroatoms. The Morgan fingerprint density at radius 3 is 2.33 bits per heavy atom. The van der Waals surface area contributed by atoms with E-state index >= 15 is 0 Å². The van der Waals surface area contributed by atoms with Crippen LogP contribution in [0.4, 0.5) is 8.78 Å². The van der Waals surface area contributed by atoms with Gasteiger partial charge in [-0.1, -0.05) is 6.07 Å². The van der Waals surface area contributed by atoms with Gasteiger partial charge in [0.2, 0.25) is 0 Å². The third kappa shape index (κ3) is 1.50. The van der Waals surface area contributed by atoms with Gasteiger partial charge in [0.25, 0.3) is 5.79 Å². The van der Waals surface area contributed by atoms with Gasteiger partial charge in [0.1, 0.15) is 11.6 Å². The van der Waals surface area contributed by atoms with E-state index in [2.05, 4.69) is 4.74 Å². The number of hydrogen-bond acceptors (Lipinski definition) is 3. The second-order valence-electron chi connectivity index (χ2n) is 3.05. The first kappa shape index (κ1) is 9.79. The molecular weight excluding hydrogens is 206 g/mol. The fourth-order valence-electron chi connectivity index (χ4n) is 1.38. The molecule has 0 saturated carbocycles. The van der Waals surface area contributed by atoms with E-state index in [1.807, 2.05) is 0 Å². The standard InChI is InChI=1S/C10H6F2O3/c11-6-2-1-3-7(12)9(6)10(14)5-4-8(13)15-10/h1-5,14H. The van der Waals surface area contributed by atoms with Crippen molar-refractivity contribution in [3.05, 3.63) is 47.5 Å². The highest BCUT2D eigenvalue weighted by Crippen LogP contribution is 2.32. The number of rotatable bonds is 1. The highest BCUT2D eigenvalue weighted by atomic mass is 19.1. The van der Waals surface area contributed by atoms with Crippen LogP contribution in [0.25, 0.3) is 0 Å². The lowest BCUT2D eigenvalue weighted by Gasteiger charge is -2.20. The summed E-state index contributed by atoms with van der Waals surface area (Å²) in [7, 11) is 0. The predicted molar refractivity (Wildman–Crippen MR) is 45.5 cm³/mol. The number of cyclic esters (lactones) is 1. The van der Waals surface area contributed by atoms with Crippen LogP contribution in [0.15, 0.2) is 30.4 Å². The summed E-state index contributed by atoms with van der Waals surface area (Å²) in [6, 6.07) is 3.09. The van der Waals surface area contributed by atoms with Crippen LogP contribution in [0.1, 0.15) is 5.56 Å². The van der Waals surface area contributed by atoms with Gasteiger partial charge in [-0.2, -0.15) is 0 Å². The number of halogens is 2. The van der Waals surface area contributed by atoms with Crippen LogP contribution in [-0.2, 0) is 15.3 Å². The second-order valence-corrected chi connectivity index (χ2v) is 3.05. The molecule has 2 rings (SSSR count). The minimum absolute atomic E-state index is 0.688. The average molecular weight is 212 g/mol. The van der Waals surface area contributed by atoms with Crippen LogP contribution in [0.5, 0.6) is 0 Å². The number of aliphatic hydroxyl groups is 1. The van der Waals surface area contributed by atoms with E-state index in [0.29, 0.717) is 0 Å². The van der Waals surface area contributed by atoms with E-state index in [1.54, 1.807) is 0 Å². The molecule has 0 aromatic heterocycles. The fourth-order valence-corrected chi connectivity index (χ4v) is 1.38. The summed E-state index contributed by atoms with van der Waals surface area (Å²) in [6.07, 6.45) is 1.81. The summed E-state index contributed by atoms with van der Waals surface area (Å²) in [6.45, 7) is 0. The number of ether oxygens (including phenoxy) is 1. The van der Waals surface area contributed by atoms with Gasteiger partial charge >= 0.3 is 5.97 Å². The molecule has 1 aliphatic rings. The molecule has 1 atom stereocenters. The van der Waals surface area contributed by atoms with Gasteiger partial charge in [-0.25, -0.2) is 13.6 Å². The Kier molecular flexibility index (Phi) is 2.04. The molecule has 0 amide bonds. The normalized spacial score (nSPS) is 24.3. The molecule has 78 valence electrons. The number of benzene rings is 1. The molecule has 1 aromatic rings. The summed E-state index contributed by atoms with van der Waals surface area (Å²) in [5.74, 6) is -5.14. The number of carbonyl (C=O) groups is 1. The minimum atomic E-state index is -2.34. The first-order chi connectivity index (χ1) is 7.03. The maximum Gasteiger partial charge on any atom is 0.333 e. The maximum atomic E-state index is 13.2. The zero-order valence-corrected chi connectivity index (χ0v) is 7.41. The third-order valence-corrected chi connectivity index (χ3v) is 2.02. The van der Waals surface area contributed by atoms with Crippen molar-refractivity contribution in [2.45, 2.75) is 5.79 Å². The molecule has 1 aliphatic heterocycles. The first-order valence-electron chi connectivity index (χ1n) is 4.12. The fraction of sp³-hybridized carbons (Fsp3) is 0.100. The molecule has 3 nitrogen and oxygen atoms in total. The lowest BCUT2D eigenvalue weighted by atomic mass is 10.0. The summed E-state index contributed by atoms with van der Waals surface area (Å²) in [4.78, 5) is 10.7. The highest BCUT2D eigenvalue weighted by Gasteiger charge is 2.40. The average Bonchev–Trinajstić information content (AvgIpc) is 2.46. The second kappa shape index (κ2) is 3.13. The van der Waals surface area contributed by atoms with Crippen molar-refractivity contribution in [3.63, 3.8) is 0 Å². The number of hydrogen-bond donors (Lipinski definition) is 1. The van der Waals surface area contributed by atoms with E-state index < -0.39 is 29.0 Å². The van der Waals surface area contributed by atoms with Crippen molar-refractivity contribution in [2.75, 3.05) is 0 Å². The molecule has 0 spiro atoms. The molecule has 1 aromatic carbocycles. The molecule has 1 heterocycles. The lowest BCUT2D eigenvalue weighted by Crippen LogP contribution is -2.27. The van der Waals surface area contributed by atoms with Crippen LogP contribution in [0.2, 0.25) is 0 Å². The molecule has 0 radical (unpaired) electrons. The van der Waals surface area contributed by atoms with Crippen LogP contribution in [0.3, 0.4) is 0 Å². The van der Waals surface area contributed by atoms with Crippen LogP contribution < -0.4 is 0 Å². The topological polar surface area (TPSA) is 46.5 Å². The van der Waals surface area contributed by atoms with E-state index in [-0.39, 0.29) is 0 Å². The van der Waals surface area contributed by atoms with E-state index in [0.717, 1.165) is 30.4 Å². The first-order valence-corrected chi connectivity index (χ1v) is 4.12. The SMILES string of the molecule is O=C1C=CC(O)(c2c(F)cccc2F)O1. The maximum absolute atomic E-state index is 13.2. The summed E-state index contributed by atoms with van der Waals surface area (Å²) >= 11 is 0. The predicted octanol–water partition coefficient (Wildman–Crippen LogP) is 1.22. The van der Waals surface area contributed by atoms with Gasteiger partial charge in [0, 0.05) is 6.08 Å². The van der Waals surface area contributed by atoms with E-state index in [1.165, 1.54) is 0 Å². The molecular formula is C10H6F2O3. The van der Waals surface area contributed by atoms with E-state index in [9.17, 15) is 18.7 Å². The number of esters is 1. The van der Waals surface area contributed by atoms with Gasteiger partial charge < -0.3 is 9.84 Å². The van der Waals surface area contributed by atoms with Gasteiger partial charge in [-0.3, -0.25) is 0 Å². The quantitative estimate of drug-likeness (QED) is 0.712. The Bertz CT molecular complexity index is 436. The minimum Gasteiger partial charge on any atom is -0.421 e. The lowest BCUT2D eigenvalue weighted by molar-refractivity contribution is -0.183. The number of carbonyl (C=O) groups excluding carboxylic acids is 1. The Balaban J connectivity index is 2.55. The smallest absolute Gasteiger partial charge is 0.333 e. The monoisotopic (exact) mass is 212 g/mol. The van der Waals surface area contributed by atoms with Crippen molar-refractivity contribution in [1.82, 2.24) is 0 Å². The Morgan fingerprint density at radius 2 is 1.87 bits per heavy atom. The highest BCUT2D eigenvalue weighted by molar-refractivity contribution is 5.85. The summed E-state index contributed by atoms with van der Waals surface area (Å²) in [5, 5.41) is 9.68. The van der Waals surface area contributed by atoms with Crippen LogP contribution >= 0.6 is 0 Å². The van der Waals surface area contributed by atoms with Gasteiger partial charge in [0.05, 0.1) is 5.56 Å². The third-order valence-electron chi connectivity index (χ3n) is 2.02. The molecule has 15 heavy (non-hydrogen) atoms. The van der Waals surface area contributed by atoms with Crippen molar-refractivity contribution < 1.29 is 23.4 Å².